The molecule has 0 spiro atoms. The molecule has 2 aromatic carbocycles. The summed E-state index contributed by atoms with van der Waals surface area (Å²) in [5.41, 5.74) is 3.00. The van der Waals surface area contributed by atoms with Crippen molar-refractivity contribution in [1.29, 1.82) is 0 Å². The monoisotopic (exact) mass is 350 g/mol. The second-order valence-electron chi connectivity index (χ2n) is 4.74. The predicted octanol–water partition coefficient (Wildman–Crippen LogP) is 3.28. The number of halogens is 2. The van der Waals surface area contributed by atoms with Gasteiger partial charge in [-0.1, -0.05) is 47.5 Å². The van der Waals surface area contributed by atoms with Gasteiger partial charge in [0.1, 0.15) is 6.61 Å². The molecule has 0 aromatic heterocycles. The summed E-state index contributed by atoms with van der Waals surface area (Å²) in [6.45, 7) is 0.121. The van der Waals surface area contributed by atoms with E-state index in [4.69, 9.17) is 32.7 Å². The largest absolute Gasteiger partial charge is 0.485 e. The molecular formula is C16H12Cl2N2O3. The van der Waals surface area contributed by atoms with E-state index in [-0.39, 0.29) is 6.61 Å². The summed E-state index contributed by atoms with van der Waals surface area (Å²) in [6.07, 6.45) is 0.654. The maximum Gasteiger partial charge on any atom is 0.284 e. The van der Waals surface area contributed by atoms with Crippen LogP contribution in [-0.4, -0.2) is 24.8 Å². The van der Waals surface area contributed by atoms with Crippen molar-refractivity contribution in [2.24, 2.45) is 5.10 Å². The zero-order valence-corrected chi connectivity index (χ0v) is 13.3. The number of fused-ring (bicyclic) bond motifs is 1. The van der Waals surface area contributed by atoms with Crippen molar-refractivity contribution in [2.45, 2.75) is 6.10 Å². The van der Waals surface area contributed by atoms with E-state index >= 15 is 0 Å². The van der Waals surface area contributed by atoms with Crippen LogP contribution in [0.25, 0.3) is 0 Å². The van der Waals surface area contributed by atoms with Crippen LogP contribution >= 0.6 is 23.2 Å². The normalized spacial score (nSPS) is 16.3. The lowest BCUT2D eigenvalue weighted by Crippen LogP contribution is -2.42. The first-order chi connectivity index (χ1) is 11.1. The van der Waals surface area contributed by atoms with Gasteiger partial charge in [0.2, 0.25) is 6.10 Å². The number of carbonyl (C=O) groups is 1. The topological polar surface area (TPSA) is 59.9 Å². The van der Waals surface area contributed by atoms with Gasteiger partial charge in [-0.2, -0.15) is 5.10 Å². The number of carbonyl (C=O) groups excluding carboxylic acids is 1. The number of para-hydroxylation sites is 2. The lowest BCUT2D eigenvalue weighted by Gasteiger charge is -2.24. The molecule has 7 heteroatoms. The highest BCUT2D eigenvalue weighted by Crippen LogP contribution is 2.30. The minimum atomic E-state index is -0.767. The van der Waals surface area contributed by atoms with Crippen LogP contribution in [0.1, 0.15) is 5.56 Å². The Morgan fingerprint density at radius 2 is 1.96 bits per heavy atom. The Morgan fingerprint density at radius 1 is 1.17 bits per heavy atom. The van der Waals surface area contributed by atoms with Crippen LogP contribution in [0.4, 0.5) is 0 Å². The first-order valence-corrected chi connectivity index (χ1v) is 7.56. The quantitative estimate of drug-likeness (QED) is 0.682. The highest BCUT2D eigenvalue weighted by Gasteiger charge is 2.26. The summed E-state index contributed by atoms with van der Waals surface area (Å²) in [7, 11) is 0. The smallest absolute Gasteiger partial charge is 0.284 e. The van der Waals surface area contributed by atoms with Gasteiger partial charge in [0.05, 0.1) is 16.3 Å². The molecule has 2 aromatic rings. The number of benzene rings is 2. The molecule has 1 atom stereocenters. The van der Waals surface area contributed by atoms with Gasteiger partial charge in [0.15, 0.2) is 11.5 Å². The van der Waals surface area contributed by atoms with Gasteiger partial charge in [-0.25, -0.2) is 5.43 Å². The molecule has 0 unspecified atom stereocenters. The van der Waals surface area contributed by atoms with Crippen LogP contribution in [0.5, 0.6) is 11.5 Å². The summed E-state index contributed by atoms with van der Waals surface area (Å²) < 4.78 is 11.1. The van der Waals surface area contributed by atoms with Crippen molar-refractivity contribution in [1.82, 2.24) is 5.43 Å². The molecule has 1 N–H and O–H groups in total. The Hall–Kier alpha value is -2.24. The summed E-state index contributed by atoms with van der Waals surface area (Å²) >= 11 is 11.9. The van der Waals surface area contributed by atoms with Gasteiger partial charge in [-0.15, -0.1) is 0 Å². The average Bonchev–Trinajstić information content (AvgIpc) is 2.58. The molecule has 0 bridgehead atoms. The van der Waals surface area contributed by atoms with E-state index < -0.39 is 12.0 Å². The van der Waals surface area contributed by atoms with Crippen LogP contribution in [-0.2, 0) is 4.79 Å². The van der Waals surface area contributed by atoms with E-state index in [1.807, 2.05) is 12.1 Å². The molecule has 1 heterocycles. The SMILES string of the molecule is O=C(N/N=C\c1cccc(Cl)c1Cl)[C@H]1COc2ccccc2O1. The maximum absolute atomic E-state index is 12.1. The Labute approximate surface area is 142 Å². The number of hydrazone groups is 1. The molecule has 5 nitrogen and oxygen atoms in total. The fourth-order valence-corrected chi connectivity index (χ4v) is 2.36. The van der Waals surface area contributed by atoms with E-state index in [1.54, 1.807) is 30.3 Å². The van der Waals surface area contributed by atoms with E-state index in [1.165, 1.54) is 6.21 Å². The molecule has 1 aliphatic heterocycles. The zero-order chi connectivity index (χ0) is 16.2. The Kier molecular flexibility index (Phi) is 4.69. The van der Waals surface area contributed by atoms with Crippen molar-refractivity contribution in [2.75, 3.05) is 6.61 Å². The highest BCUT2D eigenvalue weighted by atomic mass is 35.5. The maximum atomic E-state index is 12.1. The van der Waals surface area contributed by atoms with Crippen molar-refractivity contribution in [3.05, 3.63) is 58.1 Å². The second-order valence-corrected chi connectivity index (χ2v) is 5.53. The van der Waals surface area contributed by atoms with Crippen LogP contribution in [0.3, 0.4) is 0 Å². The molecule has 1 aliphatic rings. The number of hydrogen-bond donors (Lipinski definition) is 1. The molecule has 3 rings (SSSR count). The molecule has 0 aliphatic carbocycles. The van der Waals surface area contributed by atoms with Gasteiger partial charge in [-0.3, -0.25) is 4.79 Å². The van der Waals surface area contributed by atoms with E-state index in [9.17, 15) is 4.79 Å². The van der Waals surface area contributed by atoms with Crippen molar-refractivity contribution in [3.8, 4) is 11.5 Å². The van der Waals surface area contributed by atoms with E-state index in [0.29, 0.717) is 27.1 Å². The third kappa shape index (κ3) is 3.57. The lowest BCUT2D eigenvalue weighted by molar-refractivity contribution is -0.130. The third-order valence-electron chi connectivity index (χ3n) is 3.16. The fourth-order valence-electron chi connectivity index (χ4n) is 2.01. The van der Waals surface area contributed by atoms with E-state index in [2.05, 4.69) is 10.5 Å². The van der Waals surface area contributed by atoms with Crippen LogP contribution < -0.4 is 14.9 Å². The standard InChI is InChI=1S/C16H12Cl2N2O3/c17-11-5-3-4-10(15(11)18)8-19-20-16(21)14-9-22-12-6-1-2-7-13(12)23-14/h1-8,14H,9H2,(H,20,21)/b19-8-/t14-/m1/s1. The number of nitrogens with zero attached hydrogens (tertiary/aromatic N) is 1. The van der Waals surface area contributed by atoms with Crippen molar-refractivity contribution in [3.63, 3.8) is 0 Å². The fraction of sp³-hybridized carbons (Fsp3) is 0.125. The first kappa shape index (κ1) is 15.6. The zero-order valence-electron chi connectivity index (χ0n) is 11.8. The Bertz CT molecular complexity index is 765. The molecular weight excluding hydrogens is 339 g/mol. The summed E-state index contributed by atoms with van der Waals surface area (Å²) in [4.78, 5) is 12.1. The van der Waals surface area contributed by atoms with Gasteiger partial charge >= 0.3 is 0 Å². The third-order valence-corrected chi connectivity index (χ3v) is 3.99. The predicted molar refractivity (Wildman–Crippen MR) is 88.6 cm³/mol. The molecule has 0 saturated heterocycles. The number of ether oxygens (including phenoxy) is 2. The van der Waals surface area contributed by atoms with Gasteiger partial charge < -0.3 is 9.47 Å². The first-order valence-electron chi connectivity index (χ1n) is 6.80. The Balaban J connectivity index is 1.62. The highest BCUT2D eigenvalue weighted by molar-refractivity contribution is 6.43. The molecule has 0 fully saturated rings. The van der Waals surface area contributed by atoms with Crippen LogP contribution in [0, 0.1) is 0 Å². The second kappa shape index (κ2) is 6.89. The van der Waals surface area contributed by atoms with Crippen LogP contribution in [0.2, 0.25) is 10.0 Å². The summed E-state index contributed by atoms with van der Waals surface area (Å²) in [5, 5.41) is 4.66. The van der Waals surface area contributed by atoms with Gasteiger partial charge in [-0.05, 0) is 18.2 Å². The minimum Gasteiger partial charge on any atom is -0.485 e. The number of nitrogens with one attached hydrogen (secondary N) is 1. The van der Waals surface area contributed by atoms with Crippen molar-refractivity contribution >= 4 is 35.3 Å². The van der Waals surface area contributed by atoms with Crippen molar-refractivity contribution < 1.29 is 14.3 Å². The molecule has 1 amide bonds. The average molecular weight is 351 g/mol. The number of hydrogen-bond acceptors (Lipinski definition) is 4. The summed E-state index contributed by atoms with van der Waals surface area (Å²) in [6, 6.07) is 12.3. The minimum absolute atomic E-state index is 0.121. The lowest BCUT2D eigenvalue weighted by atomic mass is 10.2. The molecule has 0 saturated carbocycles. The van der Waals surface area contributed by atoms with Gasteiger partial charge in [0.25, 0.3) is 5.91 Å². The number of rotatable bonds is 3. The number of amides is 1. The van der Waals surface area contributed by atoms with E-state index in [0.717, 1.165) is 0 Å². The summed E-state index contributed by atoms with van der Waals surface area (Å²) in [5.74, 6) is 0.737. The molecule has 0 radical (unpaired) electrons. The molecule has 23 heavy (non-hydrogen) atoms. The van der Waals surface area contributed by atoms with Gasteiger partial charge in [0, 0.05) is 5.56 Å². The van der Waals surface area contributed by atoms with Crippen LogP contribution in [0.15, 0.2) is 47.6 Å². The Morgan fingerprint density at radius 3 is 2.78 bits per heavy atom. The molecule has 118 valence electrons.